The van der Waals surface area contributed by atoms with Crippen LogP contribution in [0.5, 0.6) is 0 Å². The lowest BCUT2D eigenvalue weighted by molar-refractivity contribution is -0.111. The van der Waals surface area contributed by atoms with Crippen molar-refractivity contribution in [1.82, 2.24) is 4.98 Å². The number of carbonyl (C=O) groups is 1. The molecule has 0 saturated heterocycles. The van der Waals surface area contributed by atoms with Crippen LogP contribution in [0.4, 0.5) is 5.69 Å². The number of nitrogens with one attached hydrogen (secondary N) is 1. The molecule has 0 spiro atoms. The van der Waals surface area contributed by atoms with Gasteiger partial charge in [0.1, 0.15) is 0 Å². The molecule has 0 aliphatic heterocycles. The minimum Gasteiger partial charge on any atom is -0.320 e. The molecule has 0 atom stereocenters. The predicted molar refractivity (Wildman–Crippen MR) is 98.1 cm³/mol. The predicted octanol–water partition coefficient (Wildman–Crippen LogP) is 4.86. The van der Waals surface area contributed by atoms with E-state index in [1.807, 2.05) is 48.5 Å². The highest BCUT2D eigenvalue weighted by atomic mass is 35.5. The number of pyridine rings is 1. The molecule has 0 fully saturated rings. The highest BCUT2D eigenvalue weighted by molar-refractivity contribution is 6.32. The number of fused-ring (bicyclic) bond motifs is 2. The Hall–Kier alpha value is -2.65. The Labute approximate surface area is 145 Å². The number of amides is 1. The molecule has 0 unspecified atom stereocenters. The first-order valence-corrected chi connectivity index (χ1v) is 8.23. The van der Waals surface area contributed by atoms with E-state index >= 15 is 0 Å². The van der Waals surface area contributed by atoms with Crippen LogP contribution in [-0.2, 0) is 11.2 Å². The summed E-state index contributed by atoms with van der Waals surface area (Å²) in [4.78, 5) is 17.0. The number of aromatic nitrogens is 1. The van der Waals surface area contributed by atoms with Gasteiger partial charge in [0.05, 0.1) is 11.9 Å². The van der Waals surface area contributed by atoms with Gasteiger partial charge < -0.3 is 5.32 Å². The molecule has 1 aliphatic rings. The van der Waals surface area contributed by atoms with Crippen molar-refractivity contribution in [2.75, 3.05) is 5.32 Å². The number of halogens is 1. The van der Waals surface area contributed by atoms with Crippen molar-refractivity contribution in [3.63, 3.8) is 0 Å². The van der Waals surface area contributed by atoms with Gasteiger partial charge in [-0.15, -0.1) is 0 Å². The number of hydrogen-bond acceptors (Lipinski definition) is 2. The molecule has 0 radical (unpaired) electrons. The van der Waals surface area contributed by atoms with Crippen molar-refractivity contribution in [2.45, 2.75) is 12.8 Å². The lowest BCUT2D eigenvalue weighted by atomic mass is 9.90. The largest absolute Gasteiger partial charge is 0.320 e. The van der Waals surface area contributed by atoms with Gasteiger partial charge in [0.15, 0.2) is 0 Å². The van der Waals surface area contributed by atoms with Crippen molar-refractivity contribution >= 4 is 39.5 Å². The maximum atomic E-state index is 12.8. The lowest BCUT2D eigenvalue weighted by Gasteiger charge is -2.18. The Morgan fingerprint density at radius 3 is 2.92 bits per heavy atom. The third kappa shape index (κ3) is 2.68. The lowest BCUT2D eigenvalue weighted by Crippen LogP contribution is -2.17. The fraction of sp³-hybridized carbons (Fsp3) is 0.100. The van der Waals surface area contributed by atoms with Gasteiger partial charge in [-0.1, -0.05) is 48.0 Å². The Balaban J connectivity index is 1.70. The fourth-order valence-electron chi connectivity index (χ4n) is 3.12. The molecule has 118 valence electrons. The number of nitrogens with zero attached hydrogens (tertiary/aromatic N) is 1. The van der Waals surface area contributed by atoms with Gasteiger partial charge in [0.25, 0.3) is 5.91 Å². The van der Waals surface area contributed by atoms with Crippen LogP contribution in [0.2, 0.25) is 5.02 Å². The van der Waals surface area contributed by atoms with E-state index in [1.54, 1.807) is 12.4 Å². The number of benzene rings is 2. The molecule has 1 aliphatic carbocycles. The molecule has 2 aromatic carbocycles. The van der Waals surface area contributed by atoms with E-state index in [0.29, 0.717) is 16.3 Å². The van der Waals surface area contributed by atoms with Crippen LogP contribution in [0.15, 0.2) is 60.9 Å². The minimum absolute atomic E-state index is 0.128. The molecule has 0 saturated carbocycles. The zero-order chi connectivity index (χ0) is 16.5. The Kier molecular flexibility index (Phi) is 3.79. The molecule has 24 heavy (non-hydrogen) atoms. The van der Waals surface area contributed by atoms with E-state index in [2.05, 4.69) is 10.3 Å². The van der Waals surface area contributed by atoms with Gasteiger partial charge in [-0.3, -0.25) is 9.78 Å². The quantitative estimate of drug-likeness (QED) is 0.727. The van der Waals surface area contributed by atoms with Crippen molar-refractivity contribution < 1.29 is 4.79 Å². The van der Waals surface area contributed by atoms with E-state index in [9.17, 15) is 4.79 Å². The first-order chi connectivity index (χ1) is 11.7. The molecule has 3 aromatic rings. The maximum absolute atomic E-state index is 12.8. The Bertz CT molecular complexity index is 973. The van der Waals surface area contributed by atoms with Crippen LogP contribution in [0.3, 0.4) is 0 Å². The summed E-state index contributed by atoms with van der Waals surface area (Å²) in [5, 5.41) is 5.61. The summed E-state index contributed by atoms with van der Waals surface area (Å²) in [6, 6.07) is 13.6. The second-order valence-electron chi connectivity index (χ2n) is 5.82. The molecule has 1 N–H and O–H groups in total. The summed E-state index contributed by atoms with van der Waals surface area (Å²) >= 11 is 6.12. The number of carbonyl (C=O) groups excluding carboxylic acids is 1. The molecule has 4 heteroatoms. The van der Waals surface area contributed by atoms with Crippen LogP contribution in [0.1, 0.15) is 17.5 Å². The first-order valence-electron chi connectivity index (χ1n) is 7.85. The topological polar surface area (TPSA) is 42.0 Å². The number of rotatable bonds is 2. The number of aryl methyl sites for hydroxylation is 1. The van der Waals surface area contributed by atoms with Gasteiger partial charge in [0.2, 0.25) is 0 Å². The van der Waals surface area contributed by atoms with Crippen LogP contribution < -0.4 is 5.32 Å². The van der Waals surface area contributed by atoms with Crippen molar-refractivity contribution in [1.29, 1.82) is 0 Å². The van der Waals surface area contributed by atoms with Gasteiger partial charge in [-0.25, -0.2) is 0 Å². The van der Waals surface area contributed by atoms with Crippen molar-refractivity contribution in [2.24, 2.45) is 0 Å². The Morgan fingerprint density at radius 2 is 2.00 bits per heavy atom. The highest BCUT2D eigenvalue weighted by Gasteiger charge is 2.19. The minimum atomic E-state index is -0.128. The average molecular weight is 335 g/mol. The average Bonchev–Trinajstić information content (AvgIpc) is 2.61. The zero-order valence-electron chi connectivity index (χ0n) is 12.9. The molecule has 3 nitrogen and oxygen atoms in total. The van der Waals surface area contributed by atoms with E-state index in [1.165, 1.54) is 0 Å². The molecule has 4 rings (SSSR count). The second-order valence-corrected chi connectivity index (χ2v) is 6.26. The fourth-order valence-corrected chi connectivity index (χ4v) is 3.29. The van der Waals surface area contributed by atoms with Crippen LogP contribution in [0, 0.1) is 0 Å². The van der Waals surface area contributed by atoms with E-state index in [4.69, 9.17) is 11.6 Å². The van der Waals surface area contributed by atoms with E-state index < -0.39 is 0 Å². The highest BCUT2D eigenvalue weighted by Crippen LogP contribution is 2.30. The summed E-state index contributed by atoms with van der Waals surface area (Å²) in [6.07, 6.45) is 7.24. The smallest absolute Gasteiger partial charge is 0.256 e. The van der Waals surface area contributed by atoms with Crippen molar-refractivity contribution in [3.8, 4) is 0 Å². The molecule has 1 aromatic heterocycles. The third-order valence-electron chi connectivity index (χ3n) is 4.29. The zero-order valence-corrected chi connectivity index (χ0v) is 13.7. The molecule has 1 amide bonds. The molecule has 0 bridgehead atoms. The van der Waals surface area contributed by atoms with Crippen LogP contribution >= 0.6 is 11.6 Å². The normalized spacial score (nSPS) is 13.3. The summed E-state index contributed by atoms with van der Waals surface area (Å²) in [6.45, 7) is 0. The van der Waals surface area contributed by atoms with Gasteiger partial charge in [-0.2, -0.15) is 0 Å². The van der Waals surface area contributed by atoms with E-state index in [-0.39, 0.29) is 5.91 Å². The molecule has 1 heterocycles. The van der Waals surface area contributed by atoms with Gasteiger partial charge >= 0.3 is 0 Å². The van der Waals surface area contributed by atoms with Gasteiger partial charge in [0, 0.05) is 27.6 Å². The molecular formula is C20H15ClN2O. The monoisotopic (exact) mass is 334 g/mol. The third-order valence-corrected chi connectivity index (χ3v) is 4.52. The SMILES string of the molecule is O=C(Nc1cncc2ccccc12)C1=CCCc2ccc(Cl)cc21. The second kappa shape index (κ2) is 6.10. The van der Waals surface area contributed by atoms with Crippen LogP contribution in [-0.4, -0.2) is 10.9 Å². The molecular weight excluding hydrogens is 320 g/mol. The summed E-state index contributed by atoms with van der Waals surface area (Å²) in [5.74, 6) is -0.128. The summed E-state index contributed by atoms with van der Waals surface area (Å²) in [5.41, 5.74) is 3.46. The standard InChI is InChI=1S/C20H15ClN2O/c21-15-9-8-13-5-3-7-17(18(13)10-15)20(24)23-19-12-22-11-14-4-1-2-6-16(14)19/h1-2,4,6-12H,3,5H2,(H,23,24). The van der Waals surface area contributed by atoms with Crippen LogP contribution in [0.25, 0.3) is 16.3 Å². The number of anilines is 1. The first kappa shape index (κ1) is 14.9. The summed E-state index contributed by atoms with van der Waals surface area (Å²) < 4.78 is 0. The van der Waals surface area contributed by atoms with Gasteiger partial charge in [-0.05, 0) is 36.1 Å². The number of hydrogen-bond donors (Lipinski definition) is 1. The number of allylic oxidation sites excluding steroid dienone is 1. The Morgan fingerprint density at radius 1 is 1.12 bits per heavy atom. The van der Waals surface area contributed by atoms with Crippen molar-refractivity contribution in [3.05, 3.63) is 77.1 Å². The van der Waals surface area contributed by atoms with E-state index in [0.717, 1.165) is 34.7 Å². The maximum Gasteiger partial charge on any atom is 0.256 e. The summed E-state index contributed by atoms with van der Waals surface area (Å²) in [7, 11) is 0.